The number of aryl methyl sites for hydroxylation is 2. The van der Waals surface area contributed by atoms with Crippen molar-refractivity contribution in [2.45, 2.75) is 37.3 Å². The van der Waals surface area contributed by atoms with Crippen molar-refractivity contribution in [2.24, 2.45) is 0 Å². The number of thiazole rings is 1. The molecule has 3 N–H and O–H groups in total. The zero-order chi connectivity index (χ0) is 28.5. The molecule has 0 saturated heterocycles. The van der Waals surface area contributed by atoms with E-state index in [1.165, 1.54) is 23.1 Å². The second-order valence-electron chi connectivity index (χ2n) is 9.07. The third-order valence-corrected chi connectivity index (χ3v) is 8.03. The Balaban J connectivity index is 1.49. The fraction of sp³-hybridized carbons (Fsp3) is 0.161. The van der Waals surface area contributed by atoms with Gasteiger partial charge in [0.15, 0.2) is 5.13 Å². The topological polar surface area (TPSA) is 100 Å². The number of nitrogens with zero attached hydrogens (tertiary/aromatic N) is 1. The quantitative estimate of drug-likeness (QED) is 0.146. The van der Waals surface area contributed by atoms with Crippen LogP contribution in [0.25, 0.3) is 6.08 Å². The summed E-state index contributed by atoms with van der Waals surface area (Å²) in [5, 5.41) is 10.7. The molecule has 3 aromatic carbocycles. The molecule has 0 spiro atoms. The summed E-state index contributed by atoms with van der Waals surface area (Å²) in [6.07, 6.45) is 2.26. The number of nitrogens with one attached hydrogen (secondary N) is 3. The normalized spacial score (nSPS) is 11.9. The van der Waals surface area contributed by atoms with Gasteiger partial charge in [-0.25, -0.2) is 4.98 Å². The van der Waals surface area contributed by atoms with Gasteiger partial charge in [0.2, 0.25) is 5.91 Å². The Hall–Kier alpha value is -4.21. The Bertz CT molecular complexity index is 1520. The molecule has 40 heavy (non-hydrogen) atoms. The zero-order valence-electron chi connectivity index (χ0n) is 22.4. The van der Waals surface area contributed by atoms with Gasteiger partial charge in [-0.3, -0.25) is 14.4 Å². The van der Waals surface area contributed by atoms with Crippen LogP contribution < -0.4 is 16.0 Å². The molecule has 4 rings (SSSR count). The number of hydrogen-bond donors (Lipinski definition) is 3. The van der Waals surface area contributed by atoms with E-state index in [2.05, 4.69) is 20.9 Å². The number of thioether (sulfide) groups is 1. The minimum Gasteiger partial charge on any atom is -0.321 e. The van der Waals surface area contributed by atoms with E-state index in [9.17, 15) is 14.4 Å². The number of carbonyl (C=O) groups excluding carboxylic acids is 3. The summed E-state index contributed by atoms with van der Waals surface area (Å²) in [6.45, 7) is 5.82. The summed E-state index contributed by atoms with van der Waals surface area (Å²) in [5.74, 6) is -0.968. The van der Waals surface area contributed by atoms with Gasteiger partial charge < -0.3 is 16.0 Å². The van der Waals surface area contributed by atoms with E-state index in [0.29, 0.717) is 22.8 Å². The van der Waals surface area contributed by atoms with Gasteiger partial charge in [0.1, 0.15) is 5.70 Å². The van der Waals surface area contributed by atoms with E-state index in [4.69, 9.17) is 0 Å². The molecule has 1 heterocycles. The molecule has 3 amide bonds. The third kappa shape index (κ3) is 8.14. The van der Waals surface area contributed by atoms with Gasteiger partial charge in [0.05, 0.1) is 10.9 Å². The van der Waals surface area contributed by atoms with E-state index in [1.807, 2.05) is 74.7 Å². The molecule has 7 nitrogen and oxygen atoms in total. The average molecular weight is 571 g/mol. The number of anilines is 2. The lowest BCUT2D eigenvalue weighted by Crippen LogP contribution is -2.30. The van der Waals surface area contributed by atoms with Crippen molar-refractivity contribution >= 4 is 57.7 Å². The van der Waals surface area contributed by atoms with Crippen molar-refractivity contribution in [2.75, 3.05) is 10.6 Å². The second-order valence-corrected chi connectivity index (χ2v) is 11.2. The van der Waals surface area contributed by atoms with Crippen LogP contribution in [0.1, 0.15) is 40.5 Å². The van der Waals surface area contributed by atoms with Crippen LogP contribution in [-0.2, 0) is 9.59 Å². The molecule has 1 unspecified atom stereocenters. The number of rotatable bonds is 10. The Kier molecular flexibility index (Phi) is 9.88. The molecule has 0 radical (unpaired) electrons. The molecular formula is C31H30N4O3S2. The molecule has 1 aromatic heterocycles. The number of amides is 3. The lowest BCUT2D eigenvalue weighted by atomic mass is 10.1. The predicted molar refractivity (Wildman–Crippen MR) is 164 cm³/mol. The lowest BCUT2D eigenvalue weighted by molar-refractivity contribution is -0.116. The fourth-order valence-electron chi connectivity index (χ4n) is 3.70. The molecule has 0 aliphatic rings. The Labute approximate surface area is 242 Å². The maximum absolute atomic E-state index is 13.4. The molecule has 0 aliphatic heterocycles. The number of hydrogen-bond acceptors (Lipinski definition) is 6. The van der Waals surface area contributed by atoms with E-state index in [0.717, 1.165) is 21.7 Å². The van der Waals surface area contributed by atoms with Gasteiger partial charge in [-0.1, -0.05) is 61.0 Å². The minimum atomic E-state index is -0.462. The molecule has 0 saturated carbocycles. The number of benzene rings is 3. The predicted octanol–water partition coefficient (Wildman–Crippen LogP) is 6.68. The first kappa shape index (κ1) is 28.8. The first-order chi connectivity index (χ1) is 19.3. The molecule has 1 atom stereocenters. The van der Waals surface area contributed by atoms with Crippen LogP contribution in [0.3, 0.4) is 0 Å². The fourth-order valence-corrected chi connectivity index (χ4v) is 5.41. The highest BCUT2D eigenvalue weighted by Crippen LogP contribution is 2.29. The molecule has 0 fully saturated rings. The Morgan fingerprint density at radius 2 is 1.70 bits per heavy atom. The average Bonchev–Trinajstić information content (AvgIpc) is 3.37. The van der Waals surface area contributed by atoms with Crippen molar-refractivity contribution in [3.63, 3.8) is 0 Å². The van der Waals surface area contributed by atoms with Crippen LogP contribution in [0, 0.1) is 13.8 Å². The summed E-state index contributed by atoms with van der Waals surface area (Å²) in [7, 11) is 0. The van der Waals surface area contributed by atoms with Crippen molar-refractivity contribution in [1.29, 1.82) is 0 Å². The van der Waals surface area contributed by atoms with E-state index in [1.54, 1.807) is 36.4 Å². The van der Waals surface area contributed by atoms with Crippen molar-refractivity contribution in [3.05, 3.63) is 112 Å². The van der Waals surface area contributed by atoms with Crippen LogP contribution in [0.15, 0.2) is 94.8 Å². The first-order valence-corrected chi connectivity index (χ1v) is 14.5. The monoisotopic (exact) mass is 570 g/mol. The molecule has 9 heteroatoms. The van der Waals surface area contributed by atoms with Gasteiger partial charge in [0.25, 0.3) is 11.8 Å². The van der Waals surface area contributed by atoms with E-state index < -0.39 is 5.91 Å². The van der Waals surface area contributed by atoms with E-state index in [-0.39, 0.29) is 22.8 Å². The molecule has 0 bridgehead atoms. The lowest BCUT2D eigenvalue weighted by Gasteiger charge is -2.15. The third-order valence-electron chi connectivity index (χ3n) is 5.80. The zero-order valence-corrected chi connectivity index (χ0v) is 24.1. The SMILES string of the molecule is CCC(Sc1cccc(NC(=O)/C(=C/c2ccc(C)cc2)NC(=O)c2ccccc2)c1)C(=O)Nc1nc(C)cs1. The van der Waals surface area contributed by atoms with Gasteiger partial charge >= 0.3 is 0 Å². The Morgan fingerprint density at radius 1 is 0.950 bits per heavy atom. The largest absolute Gasteiger partial charge is 0.321 e. The van der Waals surface area contributed by atoms with Crippen molar-refractivity contribution < 1.29 is 14.4 Å². The van der Waals surface area contributed by atoms with Crippen molar-refractivity contribution in [3.8, 4) is 0 Å². The smallest absolute Gasteiger partial charge is 0.272 e. The maximum atomic E-state index is 13.4. The second kappa shape index (κ2) is 13.7. The highest BCUT2D eigenvalue weighted by Gasteiger charge is 2.20. The Morgan fingerprint density at radius 3 is 2.38 bits per heavy atom. The number of aromatic nitrogens is 1. The standard InChI is InChI=1S/C31H30N4O3S2/c1-4-27(30(38)35-31-32-21(3)19-39-31)40-25-12-8-11-24(18-25)33-29(37)26(17-22-15-13-20(2)14-16-22)34-28(36)23-9-6-5-7-10-23/h5-19,27H,4H2,1-3H3,(H,33,37)(H,34,36)(H,32,35,38)/b26-17-. The van der Waals surface area contributed by atoms with Gasteiger partial charge in [-0.15, -0.1) is 23.1 Å². The molecular weight excluding hydrogens is 541 g/mol. The van der Waals surface area contributed by atoms with Crippen LogP contribution in [0.5, 0.6) is 0 Å². The van der Waals surface area contributed by atoms with Crippen LogP contribution >= 0.6 is 23.1 Å². The maximum Gasteiger partial charge on any atom is 0.272 e. The molecule has 0 aliphatic carbocycles. The number of carbonyl (C=O) groups is 3. The van der Waals surface area contributed by atoms with E-state index >= 15 is 0 Å². The highest BCUT2D eigenvalue weighted by atomic mass is 32.2. The summed E-state index contributed by atoms with van der Waals surface area (Å²) in [4.78, 5) is 44.2. The summed E-state index contributed by atoms with van der Waals surface area (Å²) >= 11 is 2.81. The van der Waals surface area contributed by atoms with Crippen LogP contribution in [0.4, 0.5) is 10.8 Å². The van der Waals surface area contributed by atoms with Gasteiger partial charge in [0, 0.05) is 21.5 Å². The van der Waals surface area contributed by atoms with Crippen LogP contribution in [-0.4, -0.2) is 28.0 Å². The molecule has 204 valence electrons. The van der Waals surface area contributed by atoms with Crippen molar-refractivity contribution in [1.82, 2.24) is 10.3 Å². The summed E-state index contributed by atoms with van der Waals surface area (Å²) < 4.78 is 0. The summed E-state index contributed by atoms with van der Waals surface area (Å²) in [5.41, 5.74) is 3.83. The van der Waals surface area contributed by atoms with Gasteiger partial charge in [-0.05, 0) is 62.2 Å². The van der Waals surface area contributed by atoms with Gasteiger partial charge in [-0.2, -0.15) is 0 Å². The molecule has 4 aromatic rings. The van der Waals surface area contributed by atoms with Crippen LogP contribution in [0.2, 0.25) is 0 Å². The highest BCUT2D eigenvalue weighted by molar-refractivity contribution is 8.00. The minimum absolute atomic E-state index is 0.111. The summed E-state index contributed by atoms with van der Waals surface area (Å²) in [6, 6.07) is 23.7. The first-order valence-electron chi connectivity index (χ1n) is 12.8.